The first-order valence-electron chi connectivity index (χ1n) is 10.1. The molecule has 8 heteroatoms. The number of amides is 1. The lowest BCUT2D eigenvalue weighted by Crippen LogP contribution is -2.40. The second-order valence-electron chi connectivity index (χ2n) is 7.86. The molecule has 154 valence electrons. The third-order valence-corrected chi connectivity index (χ3v) is 6.50. The zero-order chi connectivity index (χ0) is 19.5. The SMILES string of the molecule is Nc1c(Br)cc(C(=O)NCC2CCN(CC3CCOC3)CC2)c2c1OCCO2. The van der Waals surface area contributed by atoms with E-state index in [-0.39, 0.29) is 5.91 Å². The van der Waals surface area contributed by atoms with Crippen LogP contribution in [0.25, 0.3) is 0 Å². The van der Waals surface area contributed by atoms with Gasteiger partial charge in [-0.05, 0) is 66.2 Å². The van der Waals surface area contributed by atoms with E-state index in [0.717, 1.165) is 45.7 Å². The summed E-state index contributed by atoms with van der Waals surface area (Å²) in [6, 6.07) is 1.71. The molecule has 1 unspecified atom stereocenters. The Morgan fingerprint density at radius 1 is 1.14 bits per heavy atom. The average Bonchev–Trinajstić information content (AvgIpc) is 3.23. The van der Waals surface area contributed by atoms with Crippen molar-refractivity contribution >= 4 is 27.5 Å². The van der Waals surface area contributed by atoms with Gasteiger partial charge >= 0.3 is 0 Å². The fraction of sp³-hybridized carbons (Fsp3) is 0.650. The minimum Gasteiger partial charge on any atom is -0.485 e. The first kappa shape index (κ1) is 19.8. The number of carbonyl (C=O) groups excluding carboxylic acids is 1. The van der Waals surface area contributed by atoms with Crippen LogP contribution in [0.15, 0.2) is 10.5 Å². The number of hydrogen-bond acceptors (Lipinski definition) is 6. The lowest BCUT2D eigenvalue weighted by molar-refractivity contribution is 0.0921. The molecule has 2 fully saturated rings. The van der Waals surface area contributed by atoms with Gasteiger partial charge in [0.2, 0.25) is 0 Å². The molecule has 1 aromatic rings. The predicted molar refractivity (Wildman–Crippen MR) is 110 cm³/mol. The Labute approximate surface area is 174 Å². The number of carbonyl (C=O) groups is 1. The summed E-state index contributed by atoms with van der Waals surface area (Å²) in [4.78, 5) is 15.3. The van der Waals surface area contributed by atoms with Crippen molar-refractivity contribution in [3.63, 3.8) is 0 Å². The Balaban J connectivity index is 1.30. The summed E-state index contributed by atoms with van der Waals surface area (Å²) in [7, 11) is 0. The van der Waals surface area contributed by atoms with Gasteiger partial charge in [-0.2, -0.15) is 0 Å². The van der Waals surface area contributed by atoms with Crippen LogP contribution in [0.3, 0.4) is 0 Å². The van der Waals surface area contributed by atoms with Crippen molar-refractivity contribution in [3.05, 3.63) is 16.1 Å². The molecule has 3 aliphatic rings. The number of piperidine rings is 1. The van der Waals surface area contributed by atoms with Crippen LogP contribution in [0.2, 0.25) is 0 Å². The van der Waals surface area contributed by atoms with Crippen molar-refractivity contribution < 1.29 is 19.0 Å². The number of ether oxygens (including phenoxy) is 3. The van der Waals surface area contributed by atoms with Crippen molar-refractivity contribution in [2.75, 3.05) is 58.3 Å². The Bertz CT molecular complexity index is 716. The summed E-state index contributed by atoms with van der Waals surface area (Å²) in [6.45, 7) is 6.67. The van der Waals surface area contributed by atoms with Gasteiger partial charge in [-0.3, -0.25) is 4.79 Å². The molecular formula is C20H28BrN3O4. The largest absolute Gasteiger partial charge is 0.485 e. The maximum absolute atomic E-state index is 12.8. The van der Waals surface area contributed by atoms with Gasteiger partial charge in [-0.25, -0.2) is 0 Å². The number of halogens is 1. The third kappa shape index (κ3) is 4.39. The number of nitrogen functional groups attached to an aromatic ring is 1. The molecule has 0 spiro atoms. The van der Waals surface area contributed by atoms with Gasteiger partial charge in [-0.15, -0.1) is 0 Å². The van der Waals surface area contributed by atoms with Gasteiger partial charge in [0.1, 0.15) is 13.2 Å². The van der Waals surface area contributed by atoms with Crippen molar-refractivity contribution in [2.24, 2.45) is 11.8 Å². The van der Waals surface area contributed by atoms with Crippen LogP contribution in [-0.4, -0.2) is 63.4 Å². The first-order valence-corrected chi connectivity index (χ1v) is 10.9. The molecule has 1 aromatic carbocycles. The summed E-state index contributed by atoms with van der Waals surface area (Å²) in [5.74, 6) is 1.94. The molecule has 0 bridgehead atoms. The van der Waals surface area contributed by atoms with Crippen LogP contribution in [0, 0.1) is 11.8 Å². The number of nitrogens with one attached hydrogen (secondary N) is 1. The molecule has 3 aliphatic heterocycles. The van der Waals surface area contributed by atoms with Crippen LogP contribution in [-0.2, 0) is 4.74 Å². The quantitative estimate of drug-likeness (QED) is 0.665. The summed E-state index contributed by atoms with van der Waals surface area (Å²) >= 11 is 3.41. The van der Waals surface area contributed by atoms with E-state index in [0.29, 0.717) is 58.8 Å². The monoisotopic (exact) mass is 453 g/mol. The highest BCUT2D eigenvalue weighted by atomic mass is 79.9. The molecular weight excluding hydrogens is 426 g/mol. The Hall–Kier alpha value is -1.51. The van der Waals surface area contributed by atoms with E-state index in [4.69, 9.17) is 19.9 Å². The second-order valence-corrected chi connectivity index (χ2v) is 8.71. The van der Waals surface area contributed by atoms with Crippen LogP contribution >= 0.6 is 15.9 Å². The highest BCUT2D eigenvalue weighted by molar-refractivity contribution is 9.10. The van der Waals surface area contributed by atoms with Crippen molar-refractivity contribution in [1.29, 1.82) is 0 Å². The fourth-order valence-electron chi connectivity index (χ4n) is 4.16. The van der Waals surface area contributed by atoms with Gasteiger partial charge < -0.3 is 30.2 Å². The van der Waals surface area contributed by atoms with Gasteiger partial charge in [0.15, 0.2) is 11.5 Å². The van der Waals surface area contributed by atoms with E-state index in [1.807, 2.05) is 0 Å². The predicted octanol–water partition coefficient (Wildman–Crippen LogP) is 2.28. The van der Waals surface area contributed by atoms with Gasteiger partial charge in [0.05, 0.1) is 17.9 Å². The lowest BCUT2D eigenvalue weighted by Gasteiger charge is -2.33. The number of nitrogens with zero attached hydrogens (tertiary/aromatic N) is 1. The Kier molecular flexibility index (Phi) is 6.28. The van der Waals surface area contributed by atoms with E-state index < -0.39 is 0 Å². The normalized spacial score (nSPS) is 23.0. The topological polar surface area (TPSA) is 86.1 Å². The van der Waals surface area contributed by atoms with Gasteiger partial charge in [-0.1, -0.05) is 0 Å². The molecule has 0 radical (unpaired) electrons. The van der Waals surface area contributed by atoms with Crippen LogP contribution in [0.4, 0.5) is 5.69 Å². The zero-order valence-corrected chi connectivity index (χ0v) is 17.6. The van der Waals surface area contributed by atoms with Crippen molar-refractivity contribution in [1.82, 2.24) is 10.2 Å². The van der Waals surface area contributed by atoms with Crippen LogP contribution in [0.5, 0.6) is 11.5 Å². The molecule has 28 heavy (non-hydrogen) atoms. The van der Waals surface area contributed by atoms with E-state index in [2.05, 4.69) is 26.1 Å². The molecule has 7 nitrogen and oxygen atoms in total. The molecule has 3 heterocycles. The number of anilines is 1. The second kappa shape index (κ2) is 8.88. The zero-order valence-electron chi connectivity index (χ0n) is 16.0. The Morgan fingerprint density at radius 2 is 1.89 bits per heavy atom. The van der Waals surface area contributed by atoms with Gasteiger partial charge in [0, 0.05) is 24.2 Å². The maximum Gasteiger partial charge on any atom is 0.255 e. The van der Waals surface area contributed by atoms with E-state index in [9.17, 15) is 4.79 Å². The number of nitrogens with two attached hydrogens (primary N) is 1. The van der Waals surface area contributed by atoms with E-state index in [1.165, 1.54) is 6.42 Å². The molecule has 0 aromatic heterocycles. The number of likely N-dealkylation sites (tertiary alicyclic amines) is 1. The van der Waals surface area contributed by atoms with Crippen molar-refractivity contribution in [3.8, 4) is 11.5 Å². The summed E-state index contributed by atoms with van der Waals surface area (Å²) in [5, 5.41) is 3.08. The molecule has 4 rings (SSSR count). The van der Waals surface area contributed by atoms with Crippen LogP contribution < -0.4 is 20.5 Å². The van der Waals surface area contributed by atoms with Crippen LogP contribution in [0.1, 0.15) is 29.6 Å². The smallest absolute Gasteiger partial charge is 0.255 e. The molecule has 3 N–H and O–H groups in total. The molecule has 0 aliphatic carbocycles. The molecule has 1 atom stereocenters. The Morgan fingerprint density at radius 3 is 2.61 bits per heavy atom. The summed E-state index contributed by atoms with van der Waals surface area (Å²) in [5.41, 5.74) is 6.97. The lowest BCUT2D eigenvalue weighted by atomic mass is 9.95. The number of fused-ring (bicyclic) bond motifs is 1. The highest BCUT2D eigenvalue weighted by Crippen LogP contribution is 2.43. The summed E-state index contributed by atoms with van der Waals surface area (Å²) in [6.07, 6.45) is 3.40. The minimum atomic E-state index is -0.145. The highest BCUT2D eigenvalue weighted by Gasteiger charge is 2.27. The number of rotatable bonds is 5. The van der Waals surface area contributed by atoms with Crippen molar-refractivity contribution in [2.45, 2.75) is 19.3 Å². The summed E-state index contributed by atoms with van der Waals surface area (Å²) < 4.78 is 17.4. The molecule has 1 amide bonds. The fourth-order valence-corrected chi connectivity index (χ4v) is 4.57. The molecule has 2 saturated heterocycles. The first-order chi connectivity index (χ1) is 13.6. The minimum absolute atomic E-state index is 0.145. The standard InChI is InChI=1S/C20H28BrN3O4/c21-16-9-15(18-19(17(16)22)28-8-7-27-18)20(25)23-10-13-1-4-24(5-2-13)11-14-3-6-26-12-14/h9,13-14H,1-8,10-12,22H2,(H,23,25). The third-order valence-electron chi connectivity index (χ3n) is 5.84. The number of hydrogen-bond donors (Lipinski definition) is 2. The van der Waals surface area contributed by atoms with Gasteiger partial charge in [0.25, 0.3) is 5.91 Å². The van der Waals surface area contributed by atoms with E-state index >= 15 is 0 Å². The average molecular weight is 454 g/mol. The molecule has 0 saturated carbocycles. The number of benzene rings is 1. The maximum atomic E-state index is 12.8. The van der Waals surface area contributed by atoms with E-state index in [1.54, 1.807) is 6.07 Å².